The van der Waals surface area contributed by atoms with Crippen LogP contribution in [0.1, 0.15) is 20.1 Å². The summed E-state index contributed by atoms with van der Waals surface area (Å²) in [6, 6.07) is 5.98. The van der Waals surface area contributed by atoms with Crippen LogP contribution in [0.5, 0.6) is 0 Å². The van der Waals surface area contributed by atoms with E-state index < -0.39 is 0 Å². The third kappa shape index (κ3) is 2.91. The highest BCUT2D eigenvalue weighted by Gasteiger charge is 2.04. The van der Waals surface area contributed by atoms with Gasteiger partial charge in [-0.1, -0.05) is 6.07 Å². The number of nitrogens with two attached hydrogens (primary N) is 1. The van der Waals surface area contributed by atoms with E-state index in [9.17, 15) is 4.79 Å². The molecule has 16 heavy (non-hydrogen) atoms. The van der Waals surface area contributed by atoms with Crippen molar-refractivity contribution in [2.24, 2.45) is 5.73 Å². The van der Waals surface area contributed by atoms with Crippen LogP contribution in [-0.2, 0) is 13.1 Å². The van der Waals surface area contributed by atoms with Crippen LogP contribution < -0.4 is 11.1 Å². The van der Waals surface area contributed by atoms with Crippen LogP contribution in [0.2, 0.25) is 0 Å². The molecule has 2 aromatic heterocycles. The molecule has 2 rings (SSSR count). The molecular weight excluding hydrogens is 240 g/mol. The lowest BCUT2D eigenvalue weighted by molar-refractivity contribution is 0.100. The van der Waals surface area contributed by atoms with Gasteiger partial charge in [-0.2, -0.15) is 0 Å². The van der Waals surface area contributed by atoms with E-state index in [0.29, 0.717) is 5.56 Å². The van der Waals surface area contributed by atoms with Crippen LogP contribution >= 0.6 is 22.7 Å². The van der Waals surface area contributed by atoms with E-state index in [1.807, 2.05) is 12.1 Å². The van der Waals surface area contributed by atoms with E-state index in [2.05, 4.69) is 16.8 Å². The van der Waals surface area contributed by atoms with Crippen molar-refractivity contribution >= 4 is 28.6 Å². The van der Waals surface area contributed by atoms with Gasteiger partial charge < -0.3 is 11.1 Å². The Balaban J connectivity index is 1.83. The fraction of sp³-hybridized carbons (Fsp3) is 0.182. The summed E-state index contributed by atoms with van der Waals surface area (Å²) in [5.74, 6) is -0.360. The van der Waals surface area contributed by atoms with E-state index in [-0.39, 0.29) is 5.91 Å². The van der Waals surface area contributed by atoms with E-state index >= 15 is 0 Å². The summed E-state index contributed by atoms with van der Waals surface area (Å²) >= 11 is 3.29. The van der Waals surface area contributed by atoms with Crippen molar-refractivity contribution in [2.75, 3.05) is 0 Å². The van der Waals surface area contributed by atoms with Gasteiger partial charge in [0, 0.05) is 28.2 Å². The van der Waals surface area contributed by atoms with Gasteiger partial charge in [0.05, 0.1) is 5.56 Å². The number of primary amides is 1. The smallest absolute Gasteiger partial charge is 0.249 e. The Hall–Kier alpha value is -1.17. The Kier molecular flexibility index (Phi) is 3.71. The van der Waals surface area contributed by atoms with Gasteiger partial charge in [0.15, 0.2) is 0 Å². The summed E-state index contributed by atoms with van der Waals surface area (Å²) in [6.07, 6.45) is 0. The van der Waals surface area contributed by atoms with Crippen molar-refractivity contribution in [2.45, 2.75) is 13.1 Å². The molecule has 0 unspecified atom stereocenters. The summed E-state index contributed by atoms with van der Waals surface area (Å²) in [5.41, 5.74) is 5.78. The molecule has 2 heterocycles. The number of carbonyl (C=O) groups excluding carboxylic acids is 1. The number of hydrogen-bond acceptors (Lipinski definition) is 4. The predicted octanol–water partition coefficient (Wildman–Crippen LogP) is 2.20. The molecule has 2 aromatic rings. The van der Waals surface area contributed by atoms with Gasteiger partial charge in [0.1, 0.15) is 0 Å². The average Bonchev–Trinajstić information content (AvgIpc) is 2.87. The molecule has 3 N–H and O–H groups in total. The number of nitrogens with one attached hydrogen (secondary N) is 1. The zero-order valence-electron chi connectivity index (χ0n) is 8.60. The van der Waals surface area contributed by atoms with Crippen molar-refractivity contribution in [1.82, 2.24) is 5.32 Å². The van der Waals surface area contributed by atoms with E-state index in [1.165, 1.54) is 4.88 Å². The molecule has 0 atom stereocenters. The maximum atomic E-state index is 10.9. The van der Waals surface area contributed by atoms with Gasteiger partial charge in [0.2, 0.25) is 5.91 Å². The molecule has 5 heteroatoms. The minimum absolute atomic E-state index is 0.360. The van der Waals surface area contributed by atoms with Crippen LogP contribution in [0.3, 0.4) is 0 Å². The molecule has 0 aliphatic carbocycles. The van der Waals surface area contributed by atoms with E-state index in [1.54, 1.807) is 28.1 Å². The van der Waals surface area contributed by atoms with Crippen molar-refractivity contribution < 1.29 is 4.79 Å². The minimum Gasteiger partial charge on any atom is -0.366 e. The summed E-state index contributed by atoms with van der Waals surface area (Å²) in [7, 11) is 0. The molecule has 0 saturated heterocycles. The zero-order valence-corrected chi connectivity index (χ0v) is 10.2. The highest BCUT2D eigenvalue weighted by molar-refractivity contribution is 7.10. The third-order valence-electron chi connectivity index (χ3n) is 2.12. The normalized spacial score (nSPS) is 10.5. The van der Waals surface area contributed by atoms with Crippen LogP contribution in [0.25, 0.3) is 0 Å². The number of rotatable bonds is 5. The molecule has 84 valence electrons. The van der Waals surface area contributed by atoms with E-state index in [0.717, 1.165) is 18.0 Å². The Morgan fingerprint density at radius 3 is 2.75 bits per heavy atom. The predicted molar refractivity (Wildman–Crippen MR) is 67.7 cm³/mol. The van der Waals surface area contributed by atoms with Gasteiger partial charge in [-0.25, -0.2) is 0 Å². The highest BCUT2D eigenvalue weighted by Crippen LogP contribution is 2.14. The Labute approximate surface area is 102 Å². The van der Waals surface area contributed by atoms with Crippen molar-refractivity contribution in [3.05, 3.63) is 44.3 Å². The summed E-state index contributed by atoms with van der Waals surface area (Å²) in [4.78, 5) is 13.3. The fourth-order valence-electron chi connectivity index (χ4n) is 1.32. The lowest BCUT2D eigenvalue weighted by atomic mass is 10.3. The Morgan fingerprint density at radius 2 is 2.12 bits per heavy atom. The van der Waals surface area contributed by atoms with Crippen LogP contribution in [0, 0.1) is 0 Å². The second-order valence-electron chi connectivity index (χ2n) is 3.35. The first kappa shape index (κ1) is 11.3. The molecule has 0 aromatic carbocycles. The minimum atomic E-state index is -0.360. The lowest BCUT2D eigenvalue weighted by Gasteiger charge is -1.99. The van der Waals surface area contributed by atoms with Crippen molar-refractivity contribution in [3.63, 3.8) is 0 Å². The second kappa shape index (κ2) is 5.25. The Morgan fingerprint density at radius 1 is 1.31 bits per heavy atom. The molecule has 0 spiro atoms. The highest BCUT2D eigenvalue weighted by atomic mass is 32.1. The monoisotopic (exact) mass is 252 g/mol. The maximum absolute atomic E-state index is 10.9. The van der Waals surface area contributed by atoms with Crippen molar-refractivity contribution in [3.8, 4) is 0 Å². The molecule has 0 bridgehead atoms. The van der Waals surface area contributed by atoms with Crippen LogP contribution in [0.4, 0.5) is 0 Å². The van der Waals surface area contributed by atoms with Gasteiger partial charge in [-0.3, -0.25) is 4.79 Å². The maximum Gasteiger partial charge on any atom is 0.249 e. The first-order valence-corrected chi connectivity index (χ1v) is 6.62. The molecular formula is C11H12N2OS2. The summed E-state index contributed by atoms with van der Waals surface area (Å²) < 4.78 is 0. The summed E-state index contributed by atoms with van der Waals surface area (Å²) in [6.45, 7) is 1.64. The second-order valence-corrected chi connectivity index (χ2v) is 5.38. The van der Waals surface area contributed by atoms with Crippen LogP contribution in [0.15, 0.2) is 29.0 Å². The molecule has 0 radical (unpaired) electrons. The molecule has 3 nitrogen and oxygen atoms in total. The fourth-order valence-corrected chi connectivity index (χ4v) is 2.84. The number of hydrogen-bond donors (Lipinski definition) is 2. The van der Waals surface area contributed by atoms with E-state index in [4.69, 9.17) is 5.73 Å². The van der Waals surface area contributed by atoms with Gasteiger partial charge in [-0.05, 0) is 17.5 Å². The number of carbonyl (C=O) groups is 1. The van der Waals surface area contributed by atoms with Crippen LogP contribution in [-0.4, -0.2) is 5.91 Å². The van der Waals surface area contributed by atoms with Gasteiger partial charge in [0.25, 0.3) is 0 Å². The molecule has 0 aliphatic rings. The Bertz CT molecular complexity index is 462. The number of amides is 1. The average molecular weight is 252 g/mol. The first-order valence-electron chi connectivity index (χ1n) is 4.86. The van der Waals surface area contributed by atoms with Crippen molar-refractivity contribution in [1.29, 1.82) is 0 Å². The lowest BCUT2D eigenvalue weighted by Crippen LogP contribution is -2.11. The van der Waals surface area contributed by atoms with Gasteiger partial charge in [-0.15, -0.1) is 22.7 Å². The first-order chi connectivity index (χ1) is 7.75. The molecule has 0 aliphatic heterocycles. The zero-order chi connectivity index (χ0) is 11.4. The quantitative estimate of drug-likeness (QED) is 0.857. The molecule has 0 fully saturated rings. The SMILES string of the molecule is NC(=O)c1csc(CNCc2cccs2)c1. The largest absolute Gasteiger partial charge is 0.366 e. The molecule has 0 saturated carbocycles. The topological polar surface area (TPSA) is 55.1 Å². The standard InChI is InChI=1S/C11H12N2OS2/c12-11(14)8-4-10(16-7-8)6-13-5-9-2-1-3-15-9/h1-4,7,13H,5-6H2,(H2,12,14). The van der Waals surface area contributed by atoms with Gasteiger partial charge >= 0.3 is 0 Å². The summed E-state index contributed by atoms with van der Waals surface area (Å²) in [5, 5.41) is 7.18. The molecule has 1 amide bonds. The third-order valence-corrected chi connectivity index (χ3v) is 3.93. The number of thiophene rings is 2.